The van der Waals surface area contributed by atoms with E-state index in [0.717, 1.165) is 0 Å². The van der Waals surface area contributed by atoms with E-state index >= 15 is 0 Å². The SMILES string of the molecule is CCCCP(C)C=CCCP(C)CCCC. The van der Waals surface area contributed by atoms with Crippen molar-refractivity contribution in [2.75, 3.05) is 31.8 Å². The van der Waals surface area contributed by atoms with Crippen LogP contribution in [0.1, 0.15) is 46.0 Å². The number of hydrogen-bond donors (Lipinski definition) is 0. The summed E-state index contributed by atoms with van der Waals surface area (Å²) in [5.74, 6) is 2.49. The minimum Gasteiger partial charge on any atom is -0.110 e. The maximum Gasteiger partial charge on any atom is -0.0294 e. The van der Waals surface area contributed by atoms with Crippen LogP contribution >= 0.6 is 15.8 Å². The molecule has 0 radical (unpaired) electrons. The average molecular weight is 260 g/mol. The van der Waals surface area contributed by atoms with E-state index in [1.165, 1.54) is 50.6 Å². The lowest BCUT2D eigenvalue weighted by Crippen LogP contribution is -1.87. The van der Waals surface area contributed by atoms with Crippen LogP contribution in [0.5, 0.6) is 0 Å². The third kappa shape index (κ3) is 11.1. The van der Waals surface area contributed by atoms with Gasteiger partial charge >= 0.3 is 0 Å². The van der Waals surface area contributed by atoms with Crippen molar-refractivity contribution in [3.63, 3.8) is 0 Å². The molecule has 0 aromatic heterocycles. The number of hydrogen-bond acceptors (Lipinski definition) is 0. The third-order valence-electron chi connectivity index (χ3n) is 2.80. The molecule has 0 fully saturated rings. The largest absolute Gasteiger partial charge is 0.110 e. The first-order valence-corrected chi connectivity index (χ1v) is 11.0. The van der Waals surface area contributed by atoms with Gasteiger partial charge in [0, 0.05) is 0 Å². The molecule has 0 nitrogen and oxygen atoms in total. The molecule has 16 heavy (non-hydrogen) atoms. The Morgan fingerprint density at radius 1 is 0.875 bits per heavy atom. The van der Waals surface area contributed by atoms with Gasteiger partial charge < -0.3 is 0 Å². The lowest BCUT2D eigenvalue weighted by atomic mass is 10.4. The summed E-state index contributed by atoms with van der Waals surface area (Å²) >= 11 is 0. The molecule has 2 unspecified atom stereocenters. The smallest absolute Gasteiger partial charge is 0.0294 e. The standard InChI is InChI=1S/C14H30P2/c1-5-7-11-15(3)13-9-10-14-16(4)12-8-6-2/h9,13H,5-8,10-12,14H2,1-4H3. The molecule has 0 aliphatic rings. The highest BCUT2D eigenvalue weighted by Crippen LogP contribution is 2.35. The van der Waals surface area contributed by atoms with Crippen LogP contribution in [0.15, 0.2) is 11.9 Å². The highest BCUT2D eigenvalue weighted by Gasteiger charge is 1.99. The summed E-state index contributed by atoms with van der Waals surface area (Å²) in [6, 6.07) is 0. The second kappa shape index (κ2) is 12.1. The van der Waals surface area contributed by atoms with E-state index in [2.05, 4.69) is 39.1 Å². The first-order chi connectivity index (χ1) is 7.70. The van der Waals surface area contributed by atoms with Gasteiger partial charge in [-0.3, -0.25) is 0 Å². The van der Waals surface area contributed by atoms with Crippen LogP contribution in [0, 0.1) is 0 Å². The first kappa shape index (κ1) is 16.6. The summed E-state index contributed by atoms with van der Waals surface area (Å²) in [6.45, 7) is 9.45. The van der Waals surface area contributed by atoms with Gasteiger partial charge in [0.1, 0.15) is 0 Å². The first-order valence-electron chi connectivity index (χ1n) is 6.76. The van der Waals surface area contributed by atoms with Crippen molar-refractivity contribution in [1.82, 2.24) is 0 Å². The fourth-order valence-electron chi connectivity index (χ4n) is 1.57. The second-order valence-electron chi connectivity index (χ2n) is 4.66. The van der Waals surface area contributed by atoms with Crippen molar-refractivity contribution in [1.29, 1.82) is 0 Å². The van der Waals surface area contributed by atoms with Gasteiger partial charge in [-0.1, -0.05) is 46.5 Å². The average Bonchev–Trinajstić information content (AvgIpc) is 2.29. The van der Waals surface area contributed by atoms with Crippen LogP contribution in [-0.2, 0) is 0 Å². The Kier molecular flexibility index (Phi) is 12.5. The van der Waals surface area contributed by atoms with Gasteiger partial charge in [-0.15, -0.1) is 7.92 Å². The van der Waals surface area contributed by atoms with Gasteiger partial charge in [-0.2, -0.15) is 0 Å². The normalized spacial score (nSPS) is 15.5. The Balaban J connectivity index is 3.44. The van der Waals surface area contributed by atoms with Crippen molar-refractivity contribution < 1.29 is 0 Å². The van der Waals surface area contributed by atoms with Crippen molar-refractivity contribution >= 4 is 15.8 Å². The molecule has 0 bridgehead atoms. The summed E-state index contributed by atoms with van der Waals surface area (Å²) < 4.78 is 0. The maximum atomic E-state index is 2.49. The molecule has 2 heteroatoms. The summed E-state index contributed by atoms with van der Waals surface area (Å²) in [7, 11) is 0.526. The quantitative estimate of drug-likeness (QED) is 0.441. The highest BCUT2D eigenvalue weighted by atomic mass is 31.1. The number of rotatable bonds is 10. The van der Waals surface area contributed by atoms with Crippen molar-refractivity contribution in [2.45, 2.75) is 46.0 Å². The predicted molar refractivity (Wildman–Crippen MR) is 83.9 cm³/mol. The van der Waals surface area contributed by atoms with E-state index in [0.29, 0.717) is 7.92 Å². The van der Waals surface area contributed by atoms with Crippen molar-refractivity contribution in [3.8, 4) is 0 Å². The van der Waals surface area contributed by atoms with Crippen molar-refractivity contribution in [2.24, 2.45) is 0 Å². The second-order valence-corrected chi connectivity index (χ2v) is 9.53. The van der Waals surface area contributed by atoms with Gasteiger partial charge in [-0.25, -0.2) is 0 Å². The van der Waals surface area contributed by atoms with E-state index < -0.39 is 0 Å². The van der Waals surface area contributed by atoms with Crippen LogP contribution in [-0.4, -0.2) is 31.8 Å². The van der Waals surface area contributed by atoms with Gasteiger partial charge in [0.2, 0.25) is 0 Å². The molecule has 96 valence electrons. The zero-order valence-electron chi connectivity index (χ0n) is 11.7. The molecule has 0 heterocycles. The molecule has 0 N–H and O–H groups in total. The van der Waals surface area contributed by atoms with Crippen LogP contribution in [0.4, 0.5) is 0 Å². The Labute approximate surface area is 106 Å². The van der Waals surface area contributed by atoms with Crippen molar-refractivity contribution in [3.05, 3.63) is 11.9 Å². The molecular formula is C14H30P2. The molecule has 0 rings (SSSR count). The Bertz CT molecular complexity index is 166. The Hall–Kier alpha value is 0.600. The monoisotopic (exact) mass is 260 g/mol. The number of allylic oxidation sites excluding steroid dienone is 1. The van der Waals surface area contributed by atoms with Gasteiger partial charge in [0.15, 0.2) is 0 Å². The molecule has 0 aromatic rings. The van der Waals surface area contributed by atoms with E-state index in [4.69, 9.17) is 0 Å². The van der Waals surface area contributed by atoms with Crippen LogP contribution < -0.4 is 0 Å². The lowest BCUT2D eigenvalue weighted by Gasteiger charge is -2.10. The molecule has 0 amide bonds. The zero-order chi connectivity index (χ0) is 12.2. The summed E-state index contributed by atoms with van der Waals surface area (Å²) in [4.78, 5) is 0. The van der Waals surface area contributed by atoms with Crippen LogP contribution in [0.2, 0.25) is 0 Å². The van der Waals surface area contributed by atoms with E-state index in [9.17, 15) is 0 Å². The van der Waals surface area contributed by atoms with Gasteiger partial charge in [0.05, 0.1) is 0 Å². The summed E-state index contributed by atoms with van der Waals surface area (Å²) in [5, 5.41) is 0. The molecular weight excluding hydrogens is 230 g/mol. The molecule has 2 atom stereocenters. The molecule has 0 aliphatic heterocycles. The van der Waals surface area contributed by atoms with Crippen LogP contribution in [0.25, 0.3) is 0 Å². The minimum atomic E-state index is 0.198. The van der Waals surface area contributed by atoms with E-state index in [1.54, 1.807) is 0 Å². The third-order valence-corrected chi connectivity index (χ3v) is 6.64. The van der Waals surface area contributed by atoms with E-state index in [-0.39, 0.29) is 7.92 Å². The Morgan fingerprint density at radius 3 is 2.12 bits per heavy atom. The lowest BCUT2D eigenvalue weighted by molar-refractivity contribution is 0.890. The van der Waals surface area contributed by atoms with Gasteiger partial charge in [-0.05, 0) is 51.1 Å². The fourth-order valence-corrected chi connectivity index (χ4v) is 4.71. The van der Waals surface area contributed by atoms with E-state index in [1.807, 2.05) is 0 Å². The Morgan fingerprint density at radius 2 is 1.50 bits per heavy atom. The predicted octanol–water partition coefficient (Wildman–Crippen LogP) is 5.71. The van der Waals surface area contributed by atoms with Crippen LogP contribution in [0.3, 0.4) is 0 Å². The molecule has 0 saturated carbocycles. The number of unbranched alkanes of at least 4 members (excludes halogenated alkanes) is 2. The highest BCUT2D eigenvalue weighted by molar-refractivity contribution is 7.60. The maximum absolute atomic E-state index is 2.49. The summed E-state index contributed by atoms with van der Waals surface area (Å²) in [6.07, 6.45) is 13.7. The van der Waals surface area contributed by atoms with Gasteiger partial charge in [0.25, 0.3) is 0 Å². The zero-order valence-corrected chi connectivity index (χ0v) is 13.5. The molecule has 0 aliphatic carbocycles. The topological polar surface area (TPSA) is 0 Å². The molecule has 0 saturated heterocycles. The molecule has 0 aromatic carbocycles. The minimum absolute atomic E-state index is 0.198. The molecule has 0 spiro atoms. The summed E-state index contributed by atoms with van der Waals surface area (Å²) in [5.41, 5.74) is 0. The fraction of sp³-hybridized carbons (Fsp3) is 0.857.